The number of Topliss-reactive ketones (excluding diaryl/α,β-unsaturated/α-hetero) is 1. The van der Waals surface area contributed by atoms with Gasteiger partial charge in [0.25, 0.3) is 0 Å². The molecule has 0 spiro atoms. The highest BCUT2D eigenvalue weighted by atomic mass is 16.3. The van der Waals surface area contributed by atoms with Crippen LogP contribution in [0.3, 0.4) is 0 Å². The molecule has 4 aliphatic carbocycles. The number of carbonyl (C=O) groups is 2. The Kier molecular flexibility index (Phi) is 10.2. The summed E-state index contributed by atoms with van der Waals surface area (Å²) >= 11 is 0. The van der Waals surface area contributed by atoms with Crippen molar-refractivity contribution in [2.24, 2.45) is 40.4 Å². The highest BCUT2D eigenvalue weighted by Crippen LogP contribution is 2.67. The molecule has 1 amide bonds. The Morgan fingerprint density at radius 3 is 2.46 bits per heavy atom. The number of hydrogen-bond acceptors (Lipinski definition) is 3. The minimum absolute atomic E-state index is 0.115. The van der Waals surface area contributed by atoms with E-state index in [9.17, 15) is 14.7 Å². The van der Waals surface area contributed by atoms with Crippen LogP contribution in [0.15, 0.2) is 0 Å². The second-order valence-electron chi connectivity index (χ2n) is 14.1. The lowest BCUT2D eigenvalue weighted by atomic mass is 9.42. The smallest absolute Gasteiger partial charge is 0.219 e. The van der Waals surface area contributed by atoms with Crippen LogP contribution >= 0.6 is 0 Å². The van der Waals surface area contributed by atoms with Gasteiger partial charge in [0, 0.05) is 25.8 Å². The van der Waals surface area contributed by atoms with E-state index in [1.165, 1.54) is 70.6 Å². The number of nitrogens with one attached hydrogen (secondary N) is 1. The maximum absolute atomic E-state index is 12.5. The number of fused-ring (bicyclic) bond motifs is 5. The van der Waals surface area contributed by atoms with Crippen molar-refractivity contribution < 1.29 is 14.7 Å². The number of amides is 1. The third-order valence-electron chi connectivity index (χ3n) is 11.9. The molecule has 212 valence electrons. The molecule has 4 fully saturated rings. The summed E-state index contributed by atoms with van der Waals surface area (Å²) in [4.78, 5) is 24.5. The lowest BCUT2D eigenvalue weighted by molar-refractivity contribution is -0.156. The zero-order valence-corrected chi connectivity index (χ0v) is 24.4. The van der Waals surface area contributed by atoms with Gasteiger partial charge >= 0.3 is 0 Å². The Morgan fingerprint density at radius 2 is 1.65 bits per heavy atom. The molecule has 4 aliphatic rings. The van der Waals surface area contributed by atoms with E-state index in [1.807, 2.05) is 0 Å². The minimum atomic E-state index is -0.119. The van der Waals surface area contributed by atoms with Crippen LogP contribution in [0.4, 0.5) is 0 Å². The van der Waals surface area contributed by atoms with Crippen molar-refractivity contribution in [1.29, 1.82) is 0 Å². The first kappa shape index (κ1) is 29.1. The maximum atomic E-state index is 12.5. The summed E-state index contributed by atoms with van der Waals surface area (Å²) in [6.07, 6.45) is 21.2. The van der Waals surface area contributed by atoms with E-state index in [4.69, 9.17) is 0 Å². The van der Waals surface area contributed by atoms with Crippen LogP contribution in [-0.4, -0.2) is 29.4 Å². The monoisotopic (exact) mass is 515 g/mol. The molecular formula is C33H57NO3. The molecule has 4 saturated carbocycles. The molecule has 0 aromatic heterocycles. The van der Waals surface area contributed by atoms with E-state index in [0.717, 1.165) is 69.2 Å². The molecule has 0 saturated heterocycles. The van der Waals surface area contributed by atoms with Gasteiger partial charge in [-0.25, -0.2) is 0 Å². The normalized spacial score (nSPS) is 39.1. The predicted octanol–water partition coefficient (Wildman–Crippen LogP) is 7.61. The third kappa shape index (κ3) is 6.47. The molecule has 4 heteroatoms. The van der Waals surface area contributed by atoms with E-state index in [-0.39, 0.29) is 17.4 Å². The van der Waals surface area contributed by atoms with Gasteiger partial charge in [-0.15, -0.1) is 0 Å². The zero-order chi connectivity index (χ0) is 26.5. The molecule has 0 bridgehead atoms. The van der Waals surface area contributed by atoms with Crippen LogP contribution in [-0.2, 0) is 9.59 Å². The Morgan fingerprint density at radius 1 is 0.919 bits per heavy atom. The van der Waals surface area contributed by atoms with Crippen molar-refractivity contribution in [3.8, 4) is 0 Å². The number of rotatable bonds is 13. The first-order valence-corrected chi connectivity index (χ1v) is 16.3. The van der Waals surface area contributed by atoms with E-state index in [0.29, 0.717) is 29.5 Å². The predicted molar refractivity (Wildman–Crippen MR) is 151 cm³/mol. The fourth-order valence-electron chi connectivity index (χ4n) is 9.58. The topological polar surface area (TPSA) is 66.4 Å². The molecule has 0 unspecified atom stereocenters. The number of ketones is 1. The molecule has 2 N–H and O–H groups in total. The quantitative estimate of drug-likeness (QED) is 0.248. The molecule has 4 rings (SSSR count). The Bertz CT molecular complexity index is 767. The highest BCUT2D eigenvalue weighted by molar-refractivity contribution is 5.79. The minimum Gasteiger partial charge on any atom is -0.393 e. The van der Waals surface area contributed by atoms with Gasteiger partial charge < -0.3 is 10.4 Å². The van der Waals surface area contributed by atoms with Gasteiger partial charge in [-0.3, -0.25) is 9.59 Å². The zero-order valence-electron chi connectivity index (χ0n) is 24.4. The fraction of sp³-hybridized carbons (Fsp3) is 0.939. The Hall–Kier alpha value is -0.900. The molecule has 0 aromatic carbocycles. The lowest BCUT2D eigenvalue weighted by Crippen LogP contribution is -2.57. The highest BCUT2D eigenvalue weighted by Gasteiger charge is 2.62. The standard InChI is InChI=1S/C33H57NO3/c1-4-5-6-12-21-34-30(37)14-11-9-7-8-10-13-24-22-25-23-26(35)17-19-32(25,2)28-18-20-33(3)27(31(24)28)15-16-29(33)36/h24-25,27-29,31,36H,4-23H2,1-3H3,(H,34,37)/t24-,25+,27+,28+,29+,31+,32+,33+/m1/s1. The number of carbonyl (C=O) groups excluding carboxylic acids is 2. The molecule has 0 aliphatic heterocycles. The van der Waals surface area contributed by atoms with Crippen molar-refractivity contribution >= 4 is 11.7 Å². The molecule has 0 aromatic rings. The van der Waals surface area contributed by atoms with E-state index in [2.05, 4.69) is 26.1 Å². The van der Waals surface area contributed by atoms with Gasteiger partial charge in [-0.05, 0) is 91.8 Å². The molecular weight excluding hydrogens is 458 g/mol. The summed E-state index contributed by atoms with van der Waals surface area (Å²) in [5.41, 5.74) is 0.449. The first-order chi connectivity index (χ1) is 17.8. The Balaban J connectivity index is 1.24. The van der Waals surface area contributed by atoms with Crippen molar-refractivity contribution in [3.63, 3.8) is 0 Å². The van der Waals surface area contributed by atoms with Gasteiger partial charge in [-0.1, -0.05) is 72.1 Å². The van der Waals surface area contributed by atoms with Gasteiger partial charge in [0.15, 0.2) is 0 Å². The average Bonchev–Trinajstić information content (AvgIpc) is 3.18. The molecule has 0 radical (unpaired) electrons. The van der Waals surface area contributed by atoms with Crippen LogP contribution in [0.1, 0.15) is 143 Å². The maximum Gasteiger partial charge on any atom is 0.219 e. The van der Waals surface area contributed by atoms with Crippen LogP contribution in [0.5, 0.6) is 0 Å². The second-order valence-corrected chi connectivity index (χ2v) is 14.1. The summed E-state index contributed by atoms with van der Waals surface area (Å²) in [6.45, 7) is 7.98. The number of aliphatic hydroxyl groups is 1. The lowest BCUT2D eigenvalue weighted by Gasteiger charge is -2.62. The summed E-state index contributed by atoms with van der Waals surface area (Å²) in [7, 11) is 0. The van der Waals surface area contributed by atoms with Crippen molar-refractivity contribution in [1.82, 2.24) is 5.32 Å². The summed E-state index contributed by atoms with van der Waals surface area (Å²) in [5.74, 6) is 4.19. The van der Waals surface area contributed by atoms with Crippen LogP contribution in [0.25, 0.3) is 0 Å². The van der Waals surface area contributed by atoms with Crippen molar-refractivity contribution in [3.05, 3.63) is 0 Å². The van der Waals surface area contributed by atoms with Crippen LogP contribution in [0.2, 0.25) is 0 Å². The van der Waals surface area contributed by atoms with Gasteiger partial charge in [0.05, 0.1) is 6.10 Å². The fourth-order valence-corrected chi connectivity index (χ4v) is 9.58. The molecule has 0 heterocycles. The van der Waals surface area contributed by atoms with Crippen LogP contribution in [0, 0.1) is 40.4 Å². The average molecular weight is 516 g/mol. The summed E-state index contributed by atoms with van der Waals surface area (Å²) in [5, 5.41) is 14.0. The summed E-state index contributed by atoms with van der Waals surface area (Å²) in [6, 6.07) is 0. The van der Waals surface area contributed by atoms with E-state index >= 15 is 0 Å². The van der Waals surface area contributed by atoms with Gasteiger partial charge in [0.1, 0.15) is 5.78 Å². The SMILES string of the molecule is CCCCCCNC(=O)CCCCCCC[C@@H]1C[C@H]2CC(=O)CC[C@]2(C)[C@H]2CC[C@]3(C)[C@@H](O)CC[C@H]3[C@H]12. The second kappa shape index (κ2) is 13.0. The summed E-state index contributed by atoms with van der Waals surface area (Å²) < 4.78 is 0. The van der Waals surface area contributed by atoms with Gasteiger partial charge in [-0.2, -0.15) is 0 Å². The number of hydrogen-bond donors (Lipinski definition) is 2. The molecule has 37 heavy (non-hydrogen) atoms. The number of aliphatic hydroxyl groups excluding tert-OH is 1. The number of unbranched alkanes of at least 4 members (excludes halogenated alkanes) is 7. The van der Waals surface area contributed by atoms with Crippen molar-refractivity contribution in [2.75, 3.05) is 6.54 Å². The van der Waals surface area contributed by atoms with Crippen molar-refractivity contribution in [2.45, 2.75) is 149 Å². The molecule has 8 atom stereocenters. The van der Waals surface area contributed by atoms with E-state index in [1.54, 1.807) is 0 Å². The van der Waals surface area contributed by atoms with E-state index < -0.39 is 0 Å². The largest absolute Gasteiger partial charge is 0.393 e. The molecule has 4 nitrogen and oxygen atoms in total. The third-order valence-corrected chi connectivity index (χ3v) is 11.9. The first-order valence-electron chi connectivity index (χ1n) is 16.3. The van der Waals surface area contributed by atoms with Gasteiger partial charge in [0.2, 0.25) is 5.91 Å². The Labute approximate surface area is 227 Å². The van der Waals surface area contributed by atoms with Crippen LogP contribution < -0.4 is 5.32 Å².